The molecule has 0 bridgehead atoms. The van der Waals surface area contributed by atoms with Crippen LogP contribution in [0.25, 0.3) is 0 Å². The molecule has 1 aromatic rings. The standard InChI is InChI=1S/C15H22N2O3S2/c1-20-14-2-4-15(5-3-14)22(18,19)17-9-7-16(8-10-17)13-6-11-21-12-13/h2-5,13H,6-12H2,1H3. The van der Waals surface area contributed by atoms with Crippen molar-refractivity contribution in [3.63, 3.8) is 0 Å². The summed E-state index contributed by atoms with van der Waals surface area (Å²) in [7, 11) is -1.81. The summed E-state index contributed by atoms with van der Waals surface area (Å²) in [5.41, 5.74) is 0. The number of hydrogen-bond acceptors (Lipinski definition) is 5. The van der Waals surface area contributed by atoms with Gasteiger partial charge in [-0.1, -0.05) is 0 Å². The first-order valence-corrected chi connectivity index (χ1v) is 10.2. The van der Waals surface area contributed by atoms with Gasteiger partial charge in [0.05, 0.1) is 12.0 Å². The number of ether oxygens (including phenoxy) is 1. The molecule has 2 aliphatic rings. The van der Waals surface area contributed by atoms with E-state index in [4.69, 9.17) is 4.74 Å². The summed E-state index contributed by atoms with van der Waals surface area (Å²) in [6.07, 6.45) is 1.23. The zero-order valence-corrected chi connectivity index (χ0v) is 14.4. The zero-order valence-electron chi connectivity index (χ0n) is 12.8. The van der Waals surface area contributed by atoms with Gasteiger partial charge in [-0.3, -0.25) is 4.90 Å². The minimum atomic E-state index is -3.39. The van der Waals surface area contributed by atoms with E-state index in [0.717, 1.165) is 13.1 Å². The number of sulfonamides is 1. The third-order valence-corrected chi connectivity index (χ3v) is 7.45. The van der Waals surface area contributed by atoms with Crippen molar-refractivity contribution in [3.05, 3.63) is 24.3 Å². The van der Waals surface area contributed by atoms with E-state index in [0.29, 0.717) is 29.8 Å². The smallest absolute Gasteiger partial charge is 0.243 e. The third-order valence-electron chi connectivity index (χ3n) is 4.39. The number of methoxy groups -OCH3 is 1. The van der Waals surface area contributed by atoms with Crippen LogP contribution in [0.2, 0.25) is 0 Å². The summed E-state index contributed by atoms with van der Waals surface area (Å²) in [5.74, 6) is 3.09. The molecule has 2 aliphatic heterocycles. The Morgan fingerprint density at radius 2 is 1.82 bits per heavy atom. The fourth-order valence-corrected chi connectivity index (χ4v) is 5.69. The summed E-state index contributed by atoms with van der Waals surface area (Å²) in [5, 5.41) is 0. The molecular weight excluding hydrogens is 320 g/mol. The highest BCUT2D eigenvalue weighted by molar-refractivity contribution is 7.99. The second-order valence-corrected chi connectivity index (χ2v) is 8.72. The van der Waals surface area contributed by atoms with E-state index < -0.39 is 10.0 Å². The van der Waals surface area contributed by atoms with E-state index in [1.807, 2.05) is 11.8 Å². The Labute approximate surface area is 136 Å². The van der Waals surface area contributed by atoms with Crippen LogP contribution in [0.5, 0.6) is 5.75 Å². The van der Waals surface area contributed by atoms with Crippen LogP contribution in [-0.2, 0) is 10.0 Å². The molecule has 0 N–H and O–H groups in total. The minimum Gasteiger partial charge on any atom is -0.497 e. The molecule has 5 nitrogen and oxygen atoms in total. The molecule has 122 valence electrons. The van der Waals surface area contributed by atoms with E-state index in [1.54, 1.807) is 35.7 Å². The predicted octanol–water partition coefficient (Wildman–Crippen LogP) is 1.51. The molecule has 0 aliphatic carbocycles. The Hall–Kier alpha value is -0.760. The molecule has 1 unspecified atom stereocenters. The monoisotopic (exact) mass is 342 g/mol. The number of nitrogens with zero attached hydrogens (tertiary/aromatic N) is 2. The highest BCUT2D eigenvalue weighted by Crippen LogP contribution is 2.25. The molecular formula is C15H22N2O3S2. The van der Waals surface area contributed by atoms with Crippen LogP contribution < -0.4 is 4.74 Å². The van der Waals surface area contributed by atoms with Crippen LogP contribution >= 0.6 is 11.8 Å². The Morgan fingerprint density at radius 1 is 1.14 bits per heavy atom. The second kappa shape index (κ2) is 6.78. The lowest BCUT2D eigenvalue weighted by Crippen LogP contribution is -2.51. The van der Waals surface area contributed by atoms with Crippen LogP contribution in [0.1, 0.15) is 6.42 Å². The van der Waals surface area contributed by atoms with Gasteiger partial charge < -0.3 is 4.74 Å². The molecule has 1 atom stereocenters. The average Bonchev–Trinajstić information content (AvgIpc) is 3.09. The van der Waals surface area contributed by atoms with E-state index >= 15 is 0 Å². The molecule has 2 saturated heterocycles. The molecule has 0 radical (unpaired) electrons. The van der Waals surface area contributed by atoms with Gasteiger partial charge in [0.1, 0.15) is 5.75 Å². The topological polar surface area (TPSA) is 49.9 Å². The number of piperazine rings is 1. The molecule has 0 amide bonds. The molecule has 0 aromatic heterocycles. The summed E-state index contributed by atoms with van der Waals surface area (Å²) in [6.45, 7) is 2.83. The number of benzene rings is 1. The van der Waals surface area contributed by atoms with Crippen molar-refractivity contribution in [2.75, 3.05) is 44.8 Å². The highest BCUT2D eigenvalue weighted by Gasteiger charge is 2.32. The first-order valence-electron chi connectivity index (χ1n) is 7.57. The average molecular weight is 342 g/mol. The summed E-state index contributed by atoms with van der Waals surface area (Å²) < 4.78 is 32.0. The Balaban J connectivity index is 1.65. The van der Waals surface area contributed by atoms with E-state index in [-0.39, 0.29) is 0 Å². The largest absolute Gasteiger partial charge is 0.497 e. The van der Waals surface area contributed by atoms with Crippen LogP contribution in [0, 0.1) is 0 Å². The van der Waals surface area contributed by atoms with E-state index in [2.05, 4.69) is 4.90 Å². The number of hydrogen-bond donors (Lipinski definition) is 0. The van der Waals surface area contributed by atoms with Gasteiger partial charge in [-0.2, -0.15) is 16.1 Å². The van der Waals surface area contributed by atoms with E-state index in [9.17, 15) is 8.42 Å². The normalized spacial score (nSPS) is 24.5. The molecule has 2 fully saturated rings. The van der Waals surface area contributed by atoms with Crippen LogP contribution in [0.15, 0.2) is 29.2 Å². The molecule has 3 rings (SSSR count). The number of thioether (sulfide) groups is 1. The van der Waals surface area contributed by atoms with Crippen molar-refractivity contribution in [1.29, 1.82) is 0 Å². The number of rotatable bonds is 4. The van der Waals surface area contributed by atoms with Gasteiger partial charge in [0.2, 0.25) is 10.0 Å². The van der Waals surface area contributed by atoms with Crippen molar-refractivity contribution >= 4 is 21.8 Å². The first kappa shape index (κ1) is 16.1. The summed E-state index contributed by atoms with van der Waals surface area (Å²) in [6, 6.07) is 7.26. The lowest BCUT2D eigenvalue weighted by Gasteiger charge is -2.37. The second-order valence-electron chi connectivity index (χ2n) is 5.63. The van der Waals surface area contributed by atoms with Crippen molar-refractivity contribution in [1.82, 2.24) is 9.21 Å². The maximum absolute atomic E-state index is 12.7. The van der Waals surface area contributed by atoms with Gasteiger partial charge in [0.25, 0.3) is 0 Å². The Bertz CT molecular complexity index is 590. The molecule has 0 saturated carbocycles. The van der Waals surface area contributed by atoms with Gasteiger partial charge in [-0.25, -0.2) is 8.42 Å². The SMILES string of the molecule is COc1ccc(S(=O)(=O)N2CCN(C3CCSC3)CC2)cc1. The first-order chi connectivity index (χ1) is 10.6. The van der Waals surface area contributed by atoms with Gasteiger partial charge >= 0.3 is 0 Å². The summed E-state index contributed by atoms with van der Waals surface area (Å²) >= 11 is 2.00. The quantitative estimate of drug-likeness (QED) is 0.830. The molecule has 7 heteroatoms. The summed E-state index contributed by atoms with van der Waals surface area (Å²) in [4.78, 5) is 2.79. The van der Waals surface area contributed by atoms with Crippen molar-refractivity contribution < 1.29 is 13.2 Å². The van der Waals surface area contributed by atoms with Crippen molar-refractivity contribution in [3.8, 4) is 5.75 Å². The molecule has 22 heavy (non-hydrogen) atoms. The van der Waals surface area contributed by atoms with Gasteiger partial charge in [-0.15, -0.1) is 0 Å². The highest BCUT2D eigenvalue weighted by atomic mass is 32.2. The zero-order chi connectivity index (χ0) is 15.6. The van der Waals surface area contributed by atoms with Crippen LogP contribution in [-0.4, -0.2) is 68.5 Å². The van der Waals surface area contributed by atoms with Gasteiger partial charge in [-0.05, 0) is 36.4 Å². The maximum atomic E-state index is 12.7. The fourth-order valence-electron chi connectivity index (χ4n) is 3.02. The molecule has 1 aromatic carbocycles. The van der Waals surface area contributed by atoms with Gasteiger partial charge in [0, 0.05) is 38.0 Å². The lowest BCUT2D eigenvalue weighted by molar-refractivity contribution is 0.148. The fraction of sp³-hybridized carbons (Fsp3) is 0.600. The van der Waals surface area contributed by atoms with Crippen molar-refractivity contribution in [2.45, 2.75) is 17.4 Å². The lowest BCUT2D eigenvalue weighted by atomic mass is 10.2. The third kappa shape index (κ3) is 3.27. The van der Waals surface area contributed by atoms with E-state index in [1.165, 1.54) is 17.9 Å². The molecule has 0 spiro atoms. The van der Waals surface area contributed by atoms with Crippen molar-refractivity contribution in [2.24, 2.45) is 0 Å². The van der Waals surface area contributed by atoms with Gasteiger partial charge in [0.15, 0.2) is 0 Å². The van der Waals surface area contributed by atoms with Crippen LogP contribution in [0.3, 0.4) is 0 Å². The Kier molecular flexibility index (Phi) is 4.97. The Morgan fingerprint density at radius 3 is 2.36 bits per heavy atom. The maximum Gasteiger partial charge on any atom is 0.243 e. The molecule has 2 heterocycles. The predicted molar refractivity (Wildman–Crippen MR) is 89.1 cm³/mol. The minimum absolute atomic E-state index is 0.346. The van der Waals surface area contributed by atoms with Crippen LogP contribution in [0.4, 0.5) is 0 Å².